The highest BCUT2D eigenvalue weighted by Gasteiger charge is 2.21. The average Bonchev–Trinajstić information content (AvgIpc) is 2.84. The van der Waals surface area contributed by atoms with E-state index >= 15 is 0 Å². The summed E-state index contributed by atoms with van der Waals surface area (Å²) in [7, 11) is 1.39. The fraction of sp³-hybridized carbons (Fsp3) is 0.120. The summed E-state index contributed by atoms with van der Waals surface area (Å²) in [5.74, 6) is -6.01. The molecule has 0 spiro atoms. The topological polar surface area (TPSA) is 89.9 Å². The SMILES string of the molecule is COc1cc2c(Oc3c(F)cc(NC(=O)c4c(F)cccc4F)cc3F)ccnc2cc1OCCO. The molecule has 1 heterocycles. The van der Waals surface area contributed by atoms with E-state index in [0.717, 1.165) is 30.3 Å². The van der Waals surface area contributed by atoms with Gasteiger partial charge in [0.25, 0.3) is 5.91 Å². The number of nitrogens with zero attached hydrogens (tertiary/aromatic N) is 1. The average molecular weight is 502 g/mol. The third-order valence-corrected chi connectivity index (χ3v) is 4.99. The van der Waals surface area contributed by atoms with Crippen LogP contribution in [-0.2, 0) is 0 Å². The van der Waals surface area contributed by atoms with E-state index in [-0.39, 0.29) is 30.4 Å². The summed E-state index contributed by atoms with van der Waals surface area (Å²) in [4.78, 5) is 16.4. The molecular weight excluding hydrogens is 484 g/mol. The van der Waals surface area contributed by atoms with E-state index in [1.807, 2.05) is 0 Å². The van der Waals surface area contributed by atoms with Crippen LogP contribution in [-0.4, -0.2) is 36.3 Å². The summed E-state index contributed by atoms with van der Waals surface area (Å²) < 4.78 is 73.5. The van der Waals surface area contributed by atoms with Crippen LogP contribution in [0.1, 0.15) is 10.4 Å². The smallest absolute Gasteiger partial charge is 0.261 e. The van der Waals surface area contributed by atoms with Crippen LogP contribution in [0.3, 0.4) is 0 Å². The molecule has 0 aliphatic rings. The molecule has 0 atom stereocenters. The first-order valence-corrected chi connectivity index (χ1v) is 10.4. The molecule has 4 aromatic rings. The van der Waals surface area contributed by atoms with Crippen LogP contribution in [0.4, 0.5) is 23.2 Å². The van der Waals surface area contributed by atoms with Gasteiger partial charge >= 0.3 is 0 Å². The molecule has 1 aromatic heterocycles. The molecule has 3 aromatic carbocycles. The maximum absolute atomic E-state index is 14.8. The second-order valence-electron chi connectivity index (χ2n) is 7.32. The molecule has 0 saturated carbocycles. The fourth-order valence-corrected chi connectivity index (χ4v) is 3.39. The van der Waals surface area contributed by atoms with Gasteiger partial charge in [0.1, 0.15) is 29.6 Å². The number of amides is 1. The van der Waals surface area contributed by atoms with E-state index in [0.29, 0.717) is 16.7 Å². The normalized spacial score (nSPS) is 10.8. The molecule has 4 rings (SSSR count). The molecule has 0 aliphatic carbocycles. The van der Waals surface area contributed by atoms with Gasteiger partial charge in [-0.2, -0.15) is 0 Å². The Hall–Kier alpha value is -4.38. The number of anilines is 1. The molecule has 0 radical (unpaired) electrons. The molecule has 36 heavy (non-hydrogen) atoms. The Labute approximate surface area is 201 Å². The third kappa shape index (κ3) is 5.01. The monoisotopic (exact) mass is 502 g/mol. The molecule has 0 saturated heterocycles. The summed E-state index contributed by atoms with van der Waals surface area (Å²) in [6, 6.07) is 8.73. The number of nitrogens with one attached hydrogen (secondary N) is 1. The highest BCUT2D eigenvalue weighted by molar-refractivity contribution is 6.04. The lowest BCUT2D eigenvalue weighted by Gasteiger charge is -2.14. The number of fused-ring (bicyclic) bond motifs is 1. The van der Waals surface area contributed by atoms with Crippen molar-refractivity contribution in [1.29, 1.82) is 0 Å². The first-order chi connectivity index (χ1) is 17.3. The van der Waals surface area contributed by atoms with Crippen LogP contribution in [0.15, 0.2) is 54.7 Å². The number of rotatable bonds is 8. The van der Waals surface area contributed by atoms with Gasteiger partial charge in [-0.1, -0.05) is 6.07 Å². The van der Waals surface area contributed by atoms with Crippen molar-refractivity contribution in [2.24, 2.45) is 0 Å². The Morgan fingerprint density at radius 3 is 2.28 bits per heavy atom. The van der Waals surface area contributed by atoms with Gasteiger partial charge in [-0.15, -0.1) is 0 Å². The standard InChI is InChI=1S/C25H18F4N2O5/c1-34-21-11-14-19(12-22(21)35-8-7-32)30-6-5-20(14)36-24-17(28)9-13(10-18(24)29)31-25(33)23-15(26)3-2-4-16(23)27/h2-6,9-12,32H,7-8H2,1H3,(H,31,33). The zero-order chi connectivity index (χ0) is 25.8. The minimum Gasteiger partial charge on any atom is -0.493 e. The number of carbonyl (C=O) groups is 1. The summed E-state index contributed by atoms with van der Waals surface area (Å²) >= 11 is 0. The maximum atomic E-state index is 14.8. The molecule has 0 unspecified atom stereocenters. The number of methoxy groups -OCH3 is 1. The predicted octanol–water partition coefficient (Wildman–Crippen LogP) is 5.22. The Bertz CT molecular complexity index is 1400. The van der Waals surface area contributed by atoms with Crippen molar-refractivity contribution >= 4 is 22.5 Å². The second kappa shape index (κ2) is 10.5. The van der Waals surface area contributed by atoms with Gasteiger partial charge in [0, 0.05) is 35.5 Å². The van der Waals surface area contributed by atoms with Crippen molar-refractivity contribution in [3.8, 4) is 23.0 Å². The Kier molecular flexibility index (Phi) is 7.20. The number of carbonyl (C=O) groups excluding carboxylic acids is 1. The number of aliphatic hydroxyl groups is 1. The molecule has 2 N–H and O–H groups in total. The molecule has 0 aliphatic heterocycles. The molecule has 186 valence electrons. The van der Waals surface area contributed by atoms with Gasteiger partial charge in [0.2, 0.25) is 0 Å². The lowest BCUT2D eigenvalue weighted by atomic mass is 10.1. The number of hydrogen-bond acceptors (Lipinski definition) is 6. The lowest BCUT2D eigenvalue weighted by molar-refractivity contribution is 0.101. The van der Waals surface area contributed by atoms with Gasteiger partial charge in [0.15, 0.2) is 28.9 Å². The molecule has 1 amide bonds. The zero-order valence-corrected chi connectivity index (χ0v) is 18.6. The molecule has 0 fully saturated rings. The van der Waals surface area contributed by atoms with Gasteiger partial charge in [-0.25, -0.2) is 17.6 Å². The van der Waals surface area contributed by atoms with E-state index in [2.05, 4.69) is 10.3 Å². The van der Waals surface area contributed by atoms with Gasteiger partial charge in [-0.3, -0.25) is 9.78 Å². The first-order valence-electron chi connectivity index (χ1n) is 10.4. The van der Waals surface area contributed by atoms with E-state index in [1.54, 1.807) is 0 Å². The number of halogens is 4. The number of hydrogen-bond donors (Lipinski definition) is 2. The summed E-state index contributed by atoms with van der Waals surface area (Å²) in [6.45, 7) is -0.205. The highest BCUT2D eigenvalue weighted by Crippen LogP contribution is 2.38. The quantitative estimate of drug-likeness (QED) is 0.322. The fourth-order valence-electron chi connectivity index (χ4n) is 3.39. The van der Waals surface area contributed by atoms with Crippen LogP contribution in [0.25, 0.3) is 10.9 Å². The number of benzene rings is 3. The van der Waals surface area contributed by atoms with E-state index in [9.17, 15) is 22.4 Å². The van der Waals surface area contributed by atoms with Crippen molar-refractivity contribution in [3.05, 3.63) is 83.6 Å². The number of ether oxygens (including phenoxy) is 3. The maximum Gasteiger partial charge on any atom is 0.261 e. The van der Waals surface area contributed by atoms with Gasteiger partial charge in [0.05, 0.1) is 19.2 Å². The largest absolute Gasteiger partial charge is 0.493 e. The predicted molar refractivity (Wildman–Crippen MR) is 122 cm³/mol. The van der Waals surface area contributed by atoms with E-state index in [4.69, 9.17) is 19.3 Å². The minimum atomic E-state index is -1.22. The molecule has 0 bridgehead atoms. The second-order valence-corrected chi connectivity index (χ2v) is 7.32. The summed E-state index contributed by atoms with van der Waals surface area (Å²) in [5, 5.41) is 11.4. The molecule has 11 heteroatoms. The number of aromatic nitrogens is 1. The Balaban J connectivity index is 1.64. The third-order valence-electron chi connectivity index (χ3n) is 4.99. The zero-order valence-electron chi connectivity index (χ0n) is 18.6. The van der Waals surface area contributed by atoms with Gasteiger partial charge < -0.3 is 24.6 Å². The Morgan fingerprint density at radius 2 is 1.64 bits per heavy atom. The van der Waals surface area contributed by atoms with Crippen LogP contribution in [0.2, 0.25) is 0 Å². The van der Waals surface area contributed by atoms with Crippen LogP contribution in [0.5, 0.6) is 23.0 Å². The van der Waals surface area contributed by atoms with Crippen LogP contribution >= 0.6 is 0 Å². The summed E-state index contributed by atoms with van der Waals surface area (Å²) in [6.07, 6.45) is 1.35. The first kappa shape index (κ1) is 24.7. The van der Waals surface area contributed by atoms with Crippen molar-refractivity contribution in [1.82, 2.24) is 4.98 Å². The van der Waals surface area contributed by atoms with Crippen LogP contribution < -0.4 is 19.5 Å². The van der Waals surface area contributed by atoms with Crippen LogP contribution in [0, 0.1) is 23.3 Å². The van der Waals surface area contributed by atoms with Crippen molar-refractivity contribution in [2.75, 3.05) is 25.6 Å². The summed E-state index contributed by atoms with van der Waals surface area (Å²) in [5.41, 5.74) is -0.909. The number of pyridine rings is 1. The van der Waals surface area contributed by atoms with Crippen molar-refractivity contribution < 1.29 is 41.7 Å². The lowest BCUT2D eigenvalue weighted by Crippen LogP contribution is -2.16. The molecular formula is C25H18F4N2O5. The van der Waals surface area contributed by atoms with Gasteiger partial charge in [-0.05, 0) is 24.3 Å². The van der Waals surface area contributed by atoms with Crippen molar-refractivity contribution in [3.63, 3.8) is 0 Å². The van der Waals surface area contributed by atoms with E-state index < -0.39 is 40.5 Å². The van der Waals surface area contributed by atoms with E-state index in [1.165, 1.54) is 31.5 Å². The highest BCUT2D eigenvalue weighted by atomic mass is 19.1. The van der Waals surface area contributed by atoms with Crippen molar-refractivity contribution in [2.45, 2.75) is 0 Å². The number of aliphatic hydroxyl groups excluding tert-OH is 1. The minimum absolute atomic E-state index is 0.0148. The Morgan fingerprint density at radius 1 is 0.944 bits per heavy atom. The molecule has 7 nitrogen and oxygen atoms in total.